The molecule has 0 amide bonds. The number of ether oxygens (including phenoxy) is 6. The number of rotatable bonds is 10. The highest BCUT2D eigenvalue weighted by Crippen LogP contribution is 2.41. The Bertz CT molecular complexity index is 7190. The summed E-state index contributed by atoms with van der Waals surface area (Å²) in [6.07, 6.45) is 1.69. The third kappa shape index (κ3) is 20.0. The first kappa shape index (κ1) is 88.6. The summed E-state index contributed by atoms with van der Waals surface area (Å²) in [7, 11) is 2.13. The van der Waals surface area contributed by atoms with Gasteiger partial charge in [0, 0.05) is 180 Å². The second-order valence-electron chi connectivity index (χ2n) is 35.1. The number of anilines is 5. The van der Waals surface area contributed by atoms with Gasteiger partial charge in [-0.25, -0.2) is 29.0 Å². The molecular formula is C106H104N12O16S. The van der Waals surface area contributed by atoms with Crippen LogP contribution in [0.25, 0.3) is 120 Å². The number of benzene rings is 9. The fraction of sp³-hybridized carbons (Fsp3) is 0.292. The van der Waals surface area contributed by atoms with Crippen LogP contribution < -0.4 is 102 Å². The summed E-state index contributed by atoms with van der Waals surface area (Å²) < 4.78 is 62.7. The molecule has 0 aliphatic carbocycles. The zero-order valence-electron chi connectivity index (χ0n) is 75.7. The van der Waals surface area contributed by atoms with Gasteiger partial charge in [-0.05, 0) is 232 Å². The largest absolute Gasteiger partial charge is 0.486 e. The number of likely N-dealkylation sites (N-methyl/N-ethyl adjacent to an activating group) is 1. The van der Waals surface area contributed by atoms with Crippen molar-refractivity contribution in [2.24, 2.45) is 0 Å². The molecule has 0 radical (unpaired) electrons. The molecule has 5 fully saturated rings. The highest BCUT2D eigenvalue weighted by atomic mass is 32.1. The lowest BCUT2D eigenvalue weighted by molar-refractivity contribution is 0.171. The number of aromatic nitrogens is 2. The van der Waals surface area contributed by atoms with Crippen LogP contribution >= 0.6 is 11.3 Å². The van der Waals surface area contributed by atoms with Gasteiger partial charge in [0.1, 0.15) is 62.6 Å². The minimum atomic E-state index is -0.326. The zero-order valence-corrected chi connectivity index (χ0v) is 76.6. The molecule has 8 aliphatic rings. The van der Waals surface area contributed by atoms with Gasteiger partial charge < -0.3 is 101 Å². The van der Waals surface area contributed by atoms with Gasteiger partial charge in [-0.1, -0.05) is 48.5 Å². The average molecular weight is 1830 g/mol. The van der Waals surface area contributed by atoms with Crippen molar-refractivity contribution in [3.05, 3.63) is 277 Å². The standard InChI is InChI=1S/3C22H22N2O4.C21H19N3O2S.C19H19N3O2/c1-23-6-8-24(9-7-23)17-4-2-15-12-20(28-22(25)18(15)14-17)16-3-5-19-21(13-16)27-11-10-26-19;2*1-14-13-24(7-6-23-14)17-4-2-15-10-20(28-22(25)18(15)12-17)16-3-5-19-21(11-16)27-9-8-26-19;1-13-12-24(9-8-22-13)15-7-6-14-10-18(26-21(25)16(14)11-15)20-23-17-4-2-3-5-19(17)27-20;1-13-12-22(9-8-20-13)15-6-5-14-10-18(17-4-2-3-7-21-17)24-19(23)16(14)11-15/h2-5,12-14H,6-11H2,1H3;2*2-5,10-12,14,23H,6-9,13H2,1H3;2-7,10-11,13,22H,8-9,12H2,1H3;2-7,10-11,13,20H,8-9,12H2,1H3/t;2*14-;2*13-/m.1000/s1. The Morgan fingerprint density at radius 2 is 0.630 bits per heavy atom. The molecule has 28 nitrogen and oxygen atoms in total. The SMILES string of the molecule is CN1CCN(c2ccc3cc(-c4ccc5c(c4)OCCO5)oc(=O)c3c2)CC1.C[C@@H]1CN(c2ccc3cc(-c4ccc5c(c4)OCCO5)oc(=O)c3c2)CCN1.C[C@H]1CN(c2ccc3cc(-c4ccc5c(c4)OCCO5)oc(=O)c3c2)CCN1.C[C@H]1CN(c2ccc3cc(-c4ccccn4)oc(=O)c3c2)CCN1.C[C@H]1CN(c2ccc3cc(-c4nc5ccccc5s4)oc(=O)c3c2)CCN1. The summed E-state index contributed by atoms with van der Waals surface area (Å²) in [5.74, 6) is 6.78. The first-order valence-electron chi connectivity index (χ1n) is 46.1. The lowest BCUT2D eigenvalue weighted by Gasteiger charge is -2.34. The Kier molecular flexibility index (Phi) is 25.9. The third-order valence-electron chi connectivity index (χ3n) is 25.4. The van der Waals surface area contributed by atoms with Crippen LogP contribution in [0.3, 0.4) is 0 Å². The van der Waals surface area contributed by atoms with Gasteiger partial charge in [-0.3, -0.25) is 4.98 Å². The summed E-state index contributed by atoms with van der Waals surface area (Å²) in [4.78, 5) is 85.9. The van der Waals surface area contributed by atoms with Crippen LogP contribution in [0.1, 0.15) is 27.7 Å². The topological polar surface area (TPSA) is 300 Å². The number of nitrogens with one attached hydrogen (secondary N) is 4. The highest BCUT2D eigenvalue weighted by molar-refractivity contribution is 7.21. The van der Waals surface area contributed by atoms with E-state index in [4.69, 9.17) is 50.5 Å². The van der Waals surface area contributed by atoms with E-state index >= 15 is 0 Å². The van der Waals surface area contributed by atoms with Crippen molar-refractivity contribution in [3.8, 4) is 90.7 Å². The van der Waals surface area contributed by atoms with E-state index in [1.54, 1.807) is 6.20 Å². The molecule has 690 valence electrons. The van der Waals surface area contributed by atoms with E-state index in [1.807, 2.05) is 188 Å². The van der Waals surface area contributed by atoms with Gasteiger partial charge in [0.25, 0.3) is 0 Å². The fourth-order valence-electron chi connectivity index (χ4n) is 18.3. The number of hydrogen-bond acceptors (Lipinski definition) is 29. The van der Waals surface area contributed by atoms with Crippen molar-refractivity contribution in [1.29, 1.82) is 0 Å². The minimum absolute atomic E-state index is 0.313. The Morgan fingerprint density at radius 1 is 0.311 bits per heavy atom. The summed E-state index contributed by atoms with van der Waals surface area (Å²) in [5, 5.41) is 21.9. The van der Waals surface area contributed by atoms with E-state index in [1.165, 1.54) is 11.3 Å². The predicted octanol–water partition coefficient (Wildman–Crippen LogP) is 15.6. The second-order valence-corrected chi connectivity index (χ2v) is 36.2. The van der Waals surface area contributed by atoms with Crippen molar-refractivity contribution < 1.29 is 50.5 Å². The van der Waals surface area contributed by atoms with Crippen LogP contribution in [0.2, 0.25) is 0 Å². The smallest absolute Gasteiger partial charge is 0.344 e. The molecule has 29 heteroatoms. The van der Waals surface area contributed by atoms with Gasteiger partial charge in [0.2, 0.25) is 0 Å². The molecule has 5 saturated heterocycles. The number of fused-ring (bicyclic) bond motifs is 9. The second kappa shape index (κ2) is 39.5. The van der Waals surface area contributed by atoms with Gasteiger partial charge in [-0.15, -0.1) is 11.3 Å². The molecular weight excluding hydrogens is 1730 g/mol. The summed E-state index contributed by atoms with van der Waals surface area (Å²) in [6.45, 7) is 27.1. The van der Waals surface area contributed by atoms with E-state index in [9.17, 15) is 24.0 Å². The molecule has 8 aliphatic heterocycles. The maximum atomic E-state index is 12.7. The number of para-hydroxylation sites is 1. The van der Waals surface area contributed by atoms with E-state index < -0.39 is 0 Å². The molecule has 9 aromatic carbocycles. The van der Waals surface area contributed by atoms with Crippen LogP contribution in [0.15, 0.2) is 271 Å². The van der Waals surface area contributed by atoms with Gasteiger partial charge >= 0.3 is 28.1 Å². The number of piperazine rings is 5. The monoisotopic (exact) mass is 1830 g/mol. The van der Waals surface area contributed by atoms with Crippen molar-refractivity contribution in [1.82, 2.24) is 36.1 Å². The molecule has 0 bridgehead atoms. The quantitative estimate of drug-likeness (QED) is 0.0989. The molecule has 15 heterocycles. The van der Waals surface area contributed by atoms with Crippen LogP contribution in [-0.2, 0) is 0 Å². The third-order valence-corrected chi connectivity index (χ3v) is 26.5. The first-order chi connectivity index (χ1) is 65.9. The highest BCUT2D eigenvalue weighted by Gasteiger charge is 2.27. The van der Waals surface area contributed by atoms with Crippen LogP contribution in [-0.4, -0.2) is 190 Å². The van der Waals surface area contributed by atoms with E-state index in [-0.39, 0.29) is 28.1 Å². The number of thiazole rings is 1. The molecule has 7 aromatic heterocycles. The van der Waals surface area contributed by atoms with Crippen molar-refractivity contribution >= 4 is 104 Å². The number of hydrogen-bond donors (Lipinski definition) is 4. The molecule has 4 N–H and O–H groups in total. The van der Waals surface area contributed by atoms with E-state index in [0.717, 1.165) is 198 Å². The van der Waals surface area contributed by atoms with E-state index in [2.05, 4.69) is 126 Å². The van der Waals surface area contributed by atoms with Crippen molar-refractivity contribution in [3.63, 3.8) is 0 Å². The van der Waals surface area contributed by atoms with Crippen molar-refractivity contribution in [2.75, 3.05) is 176 Å². The Morgan fingerprint density at radius 3 is 0.978 bits per heavy atom. The number of pyridine rings is 1. The number of nitrogens with zero attached hydrogens (tertiary/aromatic N) is 8. The molecule has 16 aromatic rings. The Hall–Kier alpha value is -14.3. The summed E-state index contributed by atoms with van der Waals surface area (Å²) in [6, 6.07) is 71.6. The van der Waals surface area contributed by atoms with Crippen LogP contribution in [0, 0.1) is 0 Å². The molecule has 24 rings (SSSR count). The normalized spacial score (nSPS) is 18.2. The Labute approximate surface area is 781 Å². The maximum Gasteiger partial charge on any atom is 0.344 e. The lowest BCUT2D eigenvalue weighted by Crippen LogP contribution is -2.49. The first-order valence-corrected chi connectivity index (χ1v) is 47.0. The fourth-order valence-corrected chi connectivity index (χ4v) is 19.2. The predicted molar refractivity (Wildman–Crippen MR) is 532 cm³/mol. The summed E-state index contributed by atoms with van der Waals surface area (Å²) in [5.41, 5.74) is 7.67. The molecule has 0 unspecified atom stereocenters. The maximum absolute atomic E-state index is 12.7. The van der Waals surface area contributed by atoms with Crippen molar-refractivity contribution in [2.45, 2.75) is 51.9 Å². The van der Waals surface area contributed by atoms with Gasteiger partial charge in [0.15, 0.2) is 51.0 Å². The average Bonchev–Trinajstić information content (AvgIpc) is 1.75. The lowest BCUT2D eigenvalue weighted by atomic mass is 10.1. The van der Waals surface area contributed by atoms with Gasteiger partial charge in [0.05, 0.1) is 37.1 Å². The minimum Gasteiger partial charge on any atom is -0.486 e. The zero-order chi connectivity index (χ0) is 92.2. The molecule has 0 saturated carbocycles. The molecule has 0 spiro atoms. The summed E-state index contributed by atoms with van der Waals surface area (Å²) >= 11 is 1.53. The molecule has 4 atom stereocenters. The van der Waals surface area contributed by atoms with E-state index in [0.29, 0.717) is 154 Å². The van der Waals surface area contributed by atoms with Gasteiger partial charge in [-0.2, -0.15) is 0 Å². The molecule has 135 heavy (non-hydrogen) atoms. The van der Waals surface area contributed by atoms with Crippen LogP contribution in [0.4, 0.5) is 28.4 Å². The Balaban J connectivity index is 0.000000105. The van der Waals surface area contributed by atoms with Crippen LogP contribution in [0.5, 0.6) is 34.5 Å².